The van der Waals surface area contributed by atoms with Crippen LogP contribution in [0.5, 0.6) is 0 Å². The Labute approximate surface area is 170 Å². The number of nitrogens with one attached hydrogen (secondary N) is 1. The van der Waals surface area contributed by atoms with Crippen LogP contribution in [0.3, 0.4) is 0 Å². The average molecular weight is 388 g/mol. The number of amides is 1. The second-order valence-electron chi connectivity index (χ2n) is 8.00. The van der Waals surface area contributed by atoms with E-state index in [1.807, 2.05) is 18.2 Å². The first-order chi connectivity index (χ1) is 13.6. The number of piperazine rings is 1. The SMILES string of the molecule is CCCCCCCCCC(=O)Nc1cccc(C(=O)CN2CCN(C)CC2)c1. The highest BCUT2D eigenvalue weighted by Gasteiger charge is 2.17. The lowest BCUT2D eigenvalue weighted by Crippen LogP contribution is -2.46. The number of ketones is 1. The molecular weight excluding hydrogens is 350 g/mol. The molecule has 1 aliphatic heterocycles. The summed E-state index contributed by atoms with van der Waals surface area (Å²) in [6, 6.07) is 7.35. The van der Waals surface area contributed by atoms with Gasteiger partial charge in [-0.25, -0.2) is 0 Å². The lowest BCUT2D eigenvalue weighted by molar-refractivity contribution is -0.116. The number of carbonyl (C=O) groups is 2. The number of unbranched alkanes of at least 4 members (excludes halogenated alkanes) is 6. The van der Waals surface area contributed by atoms with Crippen molar-refractivity contribution < 1.29 is 9.59 Å². The van der Waals surface area contributed by atoms with Gasteiger partial charge in [-0.2, -0.15) is 0 Å². The molecule has 0 unspecified atom stereocenters. The van der Waals surface area contributed by atoms with Gasteiger partial charge in [-0.3, -0.25) is 14.5 Å². The molecule has 0 radical (unpaired) electrons. The average Bonchev–Trinajstić information content (AvgIpc) is 2.69. The zero-order valence-electron chi connectivity index (χ0n) is 17.7. The third-order valence-corrected chi connectivity index (χ3v) is 5.44. The molecule has 0 aromatic heterocycles. The summed E-state index contributed by atoms with van der Waals surface area (Å²) in [4.78, 5) is 29.2. The third-order valence-electron chi connectivity index (χ3n) is 5.44. The largest absolute Gasteiger partial charge is 0.326 e. The van der Waals surface area contributed by atoms with Gasteiger partial charge in [-0.05, 0) is 25.6 Å². The predicted molar refractivity (Wildman–Crippen MR) is 116 cm³/mol. The van der Waals surface area contributed by atoms with E-state index in [1.54, 1.807) is 6.07 Å². The van der Waals surface area contributed by atoms with Gasteiger partial charge in [0.15, 0.2) is 5.78 Å². The summed E-state index contributed by atoms with van der Waals surface area (Å²) in [5.41, 5.74) is 1.39. The summed E-state index contributed by atoms with van der Waals surface area (Å²) in [7, 11) is 2.11. The molecule has 0 saturated carbocycles. The van der Waals surface area contributed by atoms with Gasteiger partial charge in [0.2, 0.25) is 5.91 Å². The Kier molecular flexibility index (Phi) is 10.2. The first-order valence-corrected chi connectivity index (χ1v) is 10.9. The van der Waals surface area contributed by atoms with Gasteiger partial charge in [0.1, 0.15) is 0 Å². The van der Waals surface area contributed by atoms with Crippen LogP contribution in [0.2, 0.25) is 0 Å². The van der Waals surface area contributed by atoms with Gasteiger partial charge in [0.05, 0.1) is 6.54 Å². The molecule has 28 heavy (non-hydrogen) atoms. The van der Waals surface area contributed by atoms with E-state index >= 15 is 0 Å². The number of anilines is 1. The molecule has 5 nitrogen and oxygen atoms in total. The monoisotopic (exact) mass is 387 g/mol. The second-order valence-corrected chi connectivity index (χ2v) is 8.00. The van der Waals surface area contributed by atoms with Crippen LogP contribution >= 0.6 is 0 Å². The topological polar surface area (TPSA) is 52.7 Å². The van der Waals surface area contributed by atoms with Crippen molar-refractivity contribution in [3.8, 4) is 0 Å². The van der Waals surface area contributed by atoms with Crippen molar-refractivity contribution in [3.63, 3.8) is 0 Å². The minimum atomic E-state index is 0.0391. The molecule has 1 aliphatic rings. The Balaban J connectivity index is 1.71. The molecule has 0 spiro atoms. The maximum absolute atomic E-state index is 12.6. The van der Waals surface area contributed by atoms with E-state index in [0.29, 0.717) is 18.5 Å². The van der Waals surface area contributed by atoms with E-state index in [9.17, 15) is 9.59 Å². The molecule has 1 N–H and O–H groups in total. The molecule has 0 aliphatic carbocycles. The maximum atomic E-state index is 12.6. The van der Waals surface area contributed by atoms with Crippen molar-refractivity contribution in [2.45, 2.75) is 58.3 Å². The number of rotatable bonds is 12. The van der Waals surface area contributed by atoms with Gasteiger partial charge < -0.3 is 10.2 Å². The molecule has 1 fully saturated rings. The summed E-state index contributed by atoms with van der Waals surface area (Å²) in [5.74, 6) is 0.157. The summed E-state index contributed by atoms with van der Waals surface area (Å²) in [6.45, 7) is 6.53. The maximum Gasteiger partial charge on any atom is 0.224 e. The van der Waals surface area contributed by atoms with E-state index in [-0.39, 0.29) is 11.7 Å². The number of likely N-dealkylation sites (N-methyl/N-ethyl adjacent to an activating group) is 1. The normalized spacial score (nSPS) is 15.5. The van der Waals surface area contributed by atoms with E-state index < -0.39 is 0 Å². The first-order valence-electron chi connectivity index (χ1n) is 10.9. The fourth-order valence-corrected chi connectivity index (χ4v) is 3.54. The van der Waals surface area contributed by atoms with Crippen LogP contribution in [0.4, 0.5) is 5.69 Å². The van der Waals surface area contributed by atoms with Crippen LogP contribution in [0.1, 0.15) is 68.6 Å². The standard InChI is InChI=1S/C23H37N3O2/c1-3-4-5-6-7-8-9-13-23(28)24-21-12-10-11-20(18-21)22(27)19-26-16-14-25(2)15-17-26/h10-12,18H,3-9,13-17,19H2,1-2H3,(H,24,28). The molecule has 1 heterocycles. The van der Waals surface area contributed by atoms with Gasteiger partial charge in [-0.1, -0.05) is 57.6 Å². The van der Waals surface area contributed by atoms with Gasteiger partial charge in [0, 0.05) is 43.9 Å². The minimum absolute atomic E-state index is 0.0391. The summed E-state index contributed by atoms with van der Waals surface area (Å²) < 4.78 is 0. The molecule has 0 atom stereocenters. The van der Waals surface area contributed by atoms with Crippen molar-refractivity contribution in [3.05, 3.63) is 29.8 Å². The van der Waals surface area contributed by atoms with Gasteiger partial charge in [0.25, 0.3) is 0 Å². The zero-order valence-corrected chi connectivity index (χ0v) is 17.7. The number of hydrogen-bond acceptors (Lipinski definition) is 4. The van der Waals surface area contributed by atoms with Crippen LogP contribution < -0.4 is 5.32 Å². The van der Waals surface area contributed by atoms with Crippen LogP contribution in [0.25, 0.3) is 0 Å². The highest BCUT2D eigenvalue weighted by atomic mass is 16.1. The lowest BCUT2D eigenvalue weighted by Gasteiger charge is -2.31. The highest BCUT2D eigenvalue weighted by molar-refractivity contribution is 5.99. The number of benzene rings is 1. The molecule has 156 valence electrons. The minimum Gasteiger partial charge on any atom is -0.326 e. The Morgan fingerprint density at radius 3 is 2.36 bits per heavy atom. The Morgan fingerprint density at radius 1 is 0.964 bits per heavy atom. The molecular formula is C23H37N3O2. The van der Waals surface area contributed by atoms with E-state index in [0.717, 1.165) is 44.7 Å². The second kappa shape index (κ2) is 12.7. The summed E-state index contributed by atoms with van der Waals surface area (Å²) in [5, 5.41) is 2.95. The fourth-order valence-electron chi connectivity index (χ4n) is 3.54. The molecule has 1 saturated heterocycles. The van der Waals surface area contributed by atoms with E-state index in [4.69, 9.17) is 0 Å². The number of nitrogens with zero attached hydrogens (tertiary/aromatic N) is 2. The zero-order chi connectivity index (χ0) is 20.2. The van der Waals surface area contributed by atoms with Crippen LogP contribution in [-0.4, -0.2) is 61.3 Å². The Morgan fingerprint density at radius 2 is 1.64 bits per heavy atom. The summed E-state index contributed by atoms with van der Waals surface area (Å²) in [6.07, 6.45) is 8.95. The van der Waals surface area contributed by atoms with Crippen molar-refractivity contribution in [1.82, 2.24) is 9.80 Å². The Bertz CT molecular complexity index is 610. The number of Topliss-reactive ketones (excluding diaryl/α,β-unsaturated/α-hetero) is 1. The summed E-state index contributed by atoms with van der Waals surface area (Å²) >= 11 is 0. The van der Waals surface area contributed by atoms with Gasteiger partial charge >= 0.3 is 0 Å². The van der Waals surface area contributed by atoms with Crippen molar-refractivity contribution in [2.75, 3.05) is 45.1 Å². The van der Waals surface area contributed by atoms with Crippen LogP contribution in [0, 0.1) is 0 Å². The van der Waals surface area contributed by atoms with E-state index in [2.05, 4.69) is 29.1 Å². The van der Waals surface area contributed by atoms with Gasteiger partial charge in [-0.15, -0.1) is 0 Å². The highest BCUT2D eigenvalue weighted by Crippen LogP contribution is 2.14. The predicted octanol–water partition coefficient (Wildman–Crippen LogP) is 4.20. The fraction of sp³-hybridized carbons (Fsp3) is 0.652. The molecule has 1 aromatic carbocycles. The smallest absolute Gasteiger partial charge is 0.224 e. The molecule has 1 amide bonds. The van der Waals surface area contributed by atoms with Crippen molar-refractivity contribution in [2.24, 2.45) is 0 Å². The van der Waals surface area contributed by atoms with Crippen LogP contribution in [0.15, 0.2) is 24.3 Å². The van der Waals surface area contributed by atoms with Crippen molar-refractivity contribution >= 4 is 17.4 Å². The number of carbonyl (C=O) groups excluding carboxylic acids is 2. The van der Waals surface area contributed by atoms with Crippen LogP contribution in [-0.2, 0) is 4.79 Å². The lowest BCUT2D eigenvalue weighted by atomic mass is 10.1. The third kappa shape index (κ3) is 8.53. The molecule has 1 aromatic rings. The first kappa shape index (κ1) is 22.6. The molecule has 0 bridgehead atoms. The quantitative estimate of drug-likeness (QED) is 0.431. The van der Waals surface area contributed by atoms with E-state index in [1.165, 1.54) is 32.1 Å². The molecule has 5 heteroatoms. The van der Waals surface area contributed by atoms with Crippen molar-refractivity contribution in [1.29, 1.82) is 0 Å². The Hall–Kier alpha value is -1.72. The number of hydrogen-bond donors (Lipinski definition) is 1. The molecule has 2 rings (SSSR count).